The molecule has 0 heteroatoms. The first-order chi connectivity index (χ1) is 41.5. The molecule has 0 unspecified atom stereocenters. The summed E-state index contributed by atoms with van der Waals surface area (Å²) in [5.74, 6) is 1.14. The predicted molar refractivity (Wildman–Crippen MR) is 384 cm³/mol. The van der Waals surface area contributed by atoms with E-state index in [4.69, 9.17) is 0 Å². The van der Waals surface area contributed by atoms with Gasteiger partial charge in [-0.05, 0) is 199 Å². The van der Waals surface area contributed by atoms with Gasteiger partial charge in [-0.3, -0.25) is 0 Å². The van der Waals surface area contributed by atoms with Gasteiger partial charge >= 0.3 is 0 Å². The molecule has 11 rings (SSSR count). The Morgan fingerprint density at radius 2 is 0.598 bits per heavy atom. The van der Waals surface area contributed by atoms with Gasteiger partial charge in [0.05, 0.1) is 0 Å². The molecule has 0 aromatic heterocycles. The first kappa shape index (κ1) is 66.0. The molecule has 11 aromatic carbocycles. The molecule has 0 heterocycles. The molecule has 0 nitrogen and oxygen atoms in total. The van der Waals surface area contributed by atoms with Crippen molar-refractivity contribution in [3.63, 3.8) is 0 Å². The zero-order chi connectivity index (χ0) is 62.8. The van der Waals surface area contributed by atoms with Crippen LogP contribution in [0.15, 0.2) is 261 Å². The van der Waals surface area contributed by atoms with Gasteiger partial charge < -0.3 is 0 Å². The second-order valence-electron chi connectivity index (χ2n) is 26.1. The van der Waals surface area contributed by atoms with Gasteiger partial charge in [0.2, 0.25) is 0 Å². The van der Waals surface area contributed by atoms with Crippen molar-refractivity contribution in [3.8, 4) is 66.8 Å². The maximum Gasteiger partial charge on any atom is -0.0129 e. The van der Waals surface area contributed by atoms with E-state index in [0.717, 1.165) is 0 Å². The van der Waals surface area contributed by atoms with E-state index in [1.807, 2.05) is 0 Å². The minimum Gasteiger partial charge on any atom is -0.0622 e. The molecule has 0 atom stereocenters. The van der Waals surface area contributed by atoms with Crippen LogP contribution in [0.5, 0.6) is 0 Å². The molecule has 0 saturated carbocycles. The van der Waals surface area contributed by atoms with E-state index in [-0.39, 0.29) is 10.8 Å². The highest BCUT2D eigenvalue weighted by atomic mass is 14.2. The van der Waals surface area contributed by atoms with Crippen LogP contribution in [-0.2, 0) is 10.8 Å². The summed E-state index contributed by atoms with van der Waals surface area (Å²) in [4.78, 5) is 0. The van der Waals surface area contributed by atoms with E-state index in [9.17, 15) is 0 Å². The maximum absolute atomic E-state index is 2.36. The number of rotatable bonds is 8. The van der Waals surface area contributed by atoms with Crippen LogP contribution in [0.3, 0.4) is 0 Å². The summed E-state index contributed by atoms with van der Waals surface area (Å²) < 4.78 is 0. The number of aryl methyl sites for hydroxylation is 4. The van der Waals surface area contributed by atoms with Crippen LogP contribution in [0, 0.1) is 48.5 Å². The van der Waals surface area contributed by atoms with Crippen molar-refractivity contribution in [1.29, 1.82) is 0 Å². The molecule has 0 aliphatic rings. The van der Waals surface area contributed by atoms with Crippen molar-refractivity contribution in [2.45, 2.75) is 140 Å². The van der Waals surface area contributed by atoms with Crippen molar-refractivity contribution in [1.82, 2.24) is 0 Å². The SMILES string of the molecule is Cc1c(-c2ccccc2)cccc1C(C)(C)C.Cc1c(C(C)C)cc(-c2ccccc2)cc1C(C)C.Cc1cc(-c2ccccc2)cc(C)c1C.Cc1cc(-c2ccccc2)ccc1-c1ccccc1.Cc1ccc(C(C)(C)C)cc1-c1ccccc1. The average molecular weight is 1140 g/mol. The summed E-state index contributed by atoms with van der Waals surface area (Å²) in [5.41, 5.74) is 31.5. The first-order valence-electron chi connectivity index (χ1n) is 31.4. The third kappa shape index (κ3) is 18.2. The molecule has 0 bridgehead atoms. The number of benzene rings is 11. The van der Waals surface area contributed by atoms with Gasteiger partial charge in [-0.2, -0.15) is 0 Å². The van der Waals surface area contributed by atoms with Crippen LogP contribution in [0.25, 0.3) is 66.8 Å². The van der Waals surface area contributed by atoms with E-state index in [0.29, 0.717) is 11.8 Å². The summed E-state index contributed by atoms with van der Waals surface area (Å²) in [6, 6.07) is 92.8. The minimum atomic E-state index is 0.203. The molecule has 0 aliphatic carbocycles. The molecule has 444 valence electrons. The Labute approximate surface area is 526 Å². The zero-order valence-corrected chi connectivity index (χ0v) is 55.5. The lowest BCUT2D eigenvalue weighted by atomic mass is 9.81. The van der Waals surface area contributed by atoms with Crippen molar-refractivity contribution < 1.29 is 0 Å². The molecule has 0 amide bonds. The average Bonchev–Trinajstić information content (AvgIpc) is 2.61. The number of hydrogen-bond donors (Lipinski definition) is 0. The Morgan fingerprint density at radius 3 is 0.989 bits per heavy atom. The fraction of sp³-hybridized carbons (Fsp3) is 0.241. The molecule has 0 spiro atoms. The molecule has 0 N–H and O–H groups in total. The normalized spacial score (nSPS) is 11.0. The monoisotopic (exact) mass is 1140 g/mol. The van der Waals surface area contributed by atoms with Crippen molar-refractivity contribution in [3.05, 3.63) is 322 Å². The number of hydrogen-bond acceptors (Lipinski definition) is 0. The first-order valence-corrected chi connectivity index (χ1v) is 31.4. The maximum atomic E-state index is 2.36. The second-order valence-corrected chi connectivity index (χ2v) is 26.1. The topological polar surface area (TPSA) is 0 Å². The highest BCUT2D eigenvalue weighted by Gasteiger charge is 2.19. The van der Waals surface area contributed by atoms with E-state index in [2.05, 4.69) is 379 Å². The molecule has 0 radical (unpaired) electrons. The van der Waals surface area contributed by atoms with E-state index in [1.54, 1.807) is 0 Å². The Kier molecular flexibility index (Phi) is 23.2. The smallest absolute Gasteiger partial charge is 0.0129 e. The highest BCUT2D eigenvalue weighted by Crippen LogP contribution is 2.36. The summed E-state index contributed by atoms with van der Waals surface area (Å²) in [7, 11) is 0. The van der Waals surface area contributed by atoms with Gasteiger partial charge in [-0.25, -0.2) is 0 Å². The van der Waals surface area contributed by atoms with E-state index in [1.165, 1.54) is 128 Å². The van der Waals surface area contributed by atoms with Gasteiger partial charge in [0.1, 0.15) is 0 Å². The molecule has 0 aliphatic heterocycles. The minimum absolute atomic E-state index is 0.203. The zero-order valence-electron chi connectivity index (χ0n) is 55.5. The Balaban J connectivity index is 0.000000156. The second kappa shape index (κ2) is 30.7. The fourth-order valence-electron chi connectivity index (χ4n) is 11.4. The lowest BCUT2D eigenvalue weighted by Gasteiger charge is -2.23. The van der Waals surface area contributed by atoms with Crippen LogP contribution in [0.4, 0.5) is 0 Å². The Morgan fingerprint density at radius 1 is 0.230 bits per heavy atom. The third-order valence-corrected chi connectivity index (χ3v) is 16.7. The third-order valence-electron chi connectivity index (χ3n) is 16.7. The van der Waals surface area contributed by atoms with Crippen LogP contribution in [0.1, 0.15) is 142 Å². The lowest BCUT2D eigenvalue weighted by molar-refractivity contribution is 0.586. The summed E-state index contributed by atoms with van der Waals surface area (Å²) in [5, 5.41) is 0. The Hall–Kier alpha value is -8.58. The standard InChI is InChI=1S/C19H16.C19H24.2C17H20.C15H16/c1-15-14-18(16-8-4-2-5-9-16)12-13-19(15)17-10-6-3-7-11-17;1-13(2)18-11-17(16-9-7-6-8-10-16)12-19(14(3)4)15(18)5;1-13-15(14-9-6-5-7-10-14)11-8-12-16(13)17(2,3)4;1-13-10-11-15(17(2,3)4)12-16(13)14-8-6-5-7-9-14;1-11-9-15(10-12(2)13(11)3)14-7-5-4-6-8-14/h2-14H,1H3;6-14H,1-5H3;2*5-12H,1-4H3;4-10H,1-3H3. The highest BCUT2D eigenvalue weighted by molar-refractivity contribution is 5.74. The lowest BCUT2D eigenvalue weighted by Crippen LogP contribution is -2.13. The van der Waals surface area contributed by atoms with Crippen molar-refractivity contribution >= 4 is 0 Å². The molecular formula is C87H96. The van der Waals surface area contributed by atoms with Crippen LogP contribution >= 0.6 is 0 Å². The predicted octanol–water partition coefficient (Wildman–Crippen LogP) is 25.4. The summed E-state index contributed by atoms with van der Waals surface area (Å²) >= 11 is 0. The van der Waals surface area contributed by atoms with Crippen LogP contribution in [0.2, 0.25) is 0 Å². The largest absolute Gasteiger partial charge is 0.0622 e. The van der Waals surface area contributed by atoms with Gasteiger partial charge in [-0.15, -0.1) is 0 Å². The molecule has 11 aromatic rings. The summed E-state index contributed by atoms with van der Waals surface area (Å²) in [6.07, 6.45) is 0. The van der Waals surface area contributed by atoms with Crippen molar-refractivity contribution in [2.75, 3.05) is 0 Å². The summed E-state index contributed by atoms with van der Waals surface area (Å²) in [6.45, 7) is 38.1. The van der Waals surface area contributed by atoms with Crippen LogP contribution < -0.4 is 0 Å². The molecule has 0 fully saturated rings. The van der Waals surface area contributed by atoms with E-state index < -0.39 is 0 Å². The molecule has 87 heavy (non-hydrogen) atoms. The van der Waals surface area contributed by atoms with Gasteiger partial charge in [0.15, 0.2) is 0 Å². The van der Waals surface area contributed by atoms with Gasteiger partial charge in [-0.1, -0.05) is 330 Å². The molecule has 0 saturated heterocycles. The quantitative estimate of drug-likeness (QED) is 0.142. The van der Waals surface area contributed by atoms with E-state index >= 15 is 0 Å². The molecular weight excluding hydrogens is 1040 g/mol. The van der Waals surface area contributed by atoms with Crippen LogP contribution in [-0.4, -0.2) is 0 Å². The Bertz CT molecular complexity index is 3800. The van der Waals surface area contributed by atoms with Crippen molar-refractivity contribution in [2.24, 2.45) is 0 Å². The van der Waals surface area contributed by atoms with Gasteiger partial charge in [0, 0.05) is 0 Å². The van der Waals surface area contributed by atoms with Gasteiger partial charge in [0.25, 0.3) is 0 Å². The fourth-order valence-corrected chi connectivity index (χ4v) is 11.4.